The second-order valence-corrected chi connectivity index (χ2v) is 11.5. The van der Waals surface area contributed by atoms with Crippen molar-refractivity contribution in [2.75, 3.05) is 0 Å². The molecule has 0 saturated carbocycles. The standard InChI is InChI=1S/C36H28N2O2/c1-21-16-30(24-13-12-22-8-4-5-9-23(22)17-24)38-35(37-21)25-14-15-31-32(18-25)40-33-19-27-26-10-6-7-11-28(26)36(2,3)29(27)20-34(33)39-31/h4,6-8,10-20H,5,9H2,1-3H3. The summed E-state index contributed by atoms with van der Waals surface area (Å²) < 4.78 is 12.9. The lowest BCUT2D eigenvalue weighted by Crippen LogP contribution is -2.15. The Hall–Kier alpha value is -4.70. The SMILES string of the molecule is Cc1cc(-c2ccc3c(c2)CCC=C3)nc(-c2ccc3c(c2)Oc2cc4c(cc2O3)C(C)(C)c2ccccc2-4)n1. The molecule has 5 aromatic rings. The molecule has 1 aromatic heterocycles. The number of ether oxygens (including phenoxy) is 2. The number of aromatic nitrogens is 2. The van der Waals surface area contributed by atoms with E-state index in [2.05, 4.69) is 86.7 Å². The van der Waals surface area contributed by atoms with Crippen molar-refractivity contribution < 1.29 is 9.47 Å². The molecule has 8 rings (SSSR count). The van der Waals surface area contributed by atoms with Gasteiger partial charge >= 0.3 is 0 Å². The summed E-state index contributed by atoms with van der Waals surface area (Å²) in [6.45, 7) is 6.56. The Kier molecular flexibility index (Phi) is 4.87. The molecule has 0 atom stereocenters. The Bertz CT molecular complexity index is 1900. The van der Waals surface area contributed by atoms with Gasteiger partial charge in [0.1, 0.15) is 0 Å². The number of nitrogens with zero attached hydrogens (tertiary/aromatic N) is 2. The molecule has 4 aromatic carbocycles. The molecule has 2 aliphatic carbocycles. The Balaban J connectivity index is 1.16. The van der Waals surface area contributed by atoms with E-state index in [-0.39, 0.29) is 5.41 Å². The maximum Gasteiger partial charge on any atom is 0.170 e. The number of allylic oxidation sites excluding steroid dienone is 1. The molecule has 1 aliphatic heterocycles. The van der Waals surface area contributed by atoms with Gasteiger partial charge < -0.3 is 9.47 Å². The molecule has 0 bridgehead atoms. The number of fused-ring (bicyclic) bond motifs is 6. The quantitative estimate of drug-likeness (QED) is 0.228. The largest absolute Gasteiger partial charge is 0.450 e. The van der Waals surface area contributed by atoms with Gasteiger partial charge in [0.15, 0.2) is 28.8 Å². The van der Waals surface area contributed by atoms with Crippen LogP contribution >= 0.6 is 0 Å². The minimum Gasteiger partial charge on any atom is -0.450 e. The van der Waals surface area contributed by atoms with Crippen molar-refractivity contribution in [3.63, 3.8) is 0 Å². The molecule has 2 heterocycles. The normalized spacial score (nSPS) is 15.2. The van der Waals surface area contributed by atoms with Gasteiger partial charge in [-0.05, 0) is 95.6 Å². The Morgan fingerprint density at radius 1 is 0.700 bits per heavy atom. The molecular weight excluding hydrogens is 492 g/mol. The molecule has 0 radical (unpaired) electrons. The third-order valence-corrected chi connectivity index (χ3v) is 8.46. The lowest BCUT2D eigenvalue weighted by Gasteiger charge is -2.25. The van der Waals surface area contributed by atoms with Gasteiger partial charge in [0.25, 0.3) is 0 Å². The number of benzene rings is 4. The van der Waals surface area contributed by atoms with Crippen LogP contribution in [0.1, 0.15) is 48.2 Å². The Morgan fingerprint density at radius 2 is 1.50 bits per heavy atom. The Morgan fingerprint density at radius 3 is 2.42 bits per heavy atom. The maximum atomic E-state index is 6.47. The lowest BCUT2D eigenvalue weighted by atomic mass is 9.82. The third-order valence-electron chi connectivity index (χ3n) is 8.46. The first-order valence-electron chi connectivity index (χ1n) is 13.9. The molecule has 0 spiro atoms. The fraction of sp³-hybridized carbons (Fsp3) is 0.167. The van der Waals surface area contributed by atoms with Gasteiger partial charge in [0.2, 0.25) is 0 Å². The first kappa shape index (κ1) is 23.2. The van der Waals surface area contributed by atoms with Crippen molar-refractivity contribution in [3.05, 3.63) is 113 Å². The molecular formula is C36H28N2O2. The highest BCUT2D eigenvalue weighted by Gasteiger charge is 2.37. The smallest absolute Gasteiger partial charge is 0.170 e. The third kappa shape index (κ3) is 3.52. The fourth-order valence-corrected chi connectivity index (χ4v) is 6.35. The van der Waals surface area contributed by atoms with Crippen LogP contribution in [-0.2, 0) is 11.8 Å². The Labute approximate surface area is 234 Å². The number of aryl methyl sites for hydroxylation is 2. The molecule has 0 fully saturated rings. The van der Waals surface area contributed by atoms with Gasteiger partial charge in [0, 0.05) is 22.2 Å². The molecule has 40 heavy (non-hydrogen) atoms. The zero-order valence-electron chi connectivity index (χ0n) is 22.8. The van der Waals surface area contributed by atoms with E-state index < -0.39 is 0 Å². The van der Waals surface area contributed by atoms with Crippen LogP contribution < -0.4 is 9.47 Å². The minimum absolute atomic E-state index is 0.0938. The molecule has 3 aliphatic rings. The number of hydrogen-bond donors (Lipinski definition) is 0. The monoisotopic (exact) mass is 520 g/mol. The van der Waals surface area contributed by atoms with Gasteiger partial charge in [-0.25, -0.2) is 9.97 Å². The van der Waals surface area contributed by atoms with E-state index in [1.165, 1.54) is 33.4 Å². The second kappa shape index (κ2) is 8.40. The highest BCUT2D eigenvalue weighted by molar-refractivity contribution is 5.83. The lowest BCUT2D eigenvalue weighted by molar-refractivity contribution is 0.359. The summed E-state index contributed by atoms with van der Waals surface area (Å²) in [5.74, 6) is 3.51. The predicted octanol–water partition coefficient (Wildman–Crippen LogP) is 9.28. The zero-order valence-corrected chi connectivity index (χ0v) is 22.8. The molecule has 194 valence electrons. The van der Waals surface area contributed by atoms with Crippen LogP contribution in [0.2, 0.25) is 0 Å². The van der Waals surface area contributed by atoms with E-state index in [1.807, 2.05) is 25.1 Å². The number of rotatable bonds is 2. The summed E-state index contributed by atoms with van der Waals surface area (Å²) in [6, 6.07) is 27.5. The van der Waals surface area contributed by atoms with E-state index in [1.54, 1.807) is 0 Å². The van der Waals surface area contributed by atoms with Gasteiger partial charge in [-0.1, -0.05) is 62.4 Å². The molecule has 0 amide bonds. The van der Waals surface area contributed by atoms with Crippen LogP contribution in [0.15, 0.2) is 84.9 Å². The number of hydrogen-bond acceptors (Lipinski definition) is 4. The highest BCUT2D eigenvalue weighted by atomic mass is 16.6. The summed E-state index contributed by atoms with van der Waals surface area (Å²) in [4.78, 5) is 9.76. The highest BCUT2D eigenvalue weighted by Crippen LogP contribution is 2.55. The minimum atomic E-state index is -0.0938. The first-order chi connectivity index (χ1) is 19.4. The van der Waals surface area contributed by atoms with Crippen LogP contribution in [0.4, 0.5) is 0 Å². The van der Waals surface area contributed by atoms with Gasteiger partial charge in [-0.3, -0.25) is 0 Å². The van der Waals surface area contributed by atoms with Crippen molar-refractivity contribution in [2.45, 2.75) is 39.0 Å². The van der Waals surface area contributed by atoms with E-state index in [0.717, 1.165) is 46.9 Å². The van der Waals surface area contributed by atoms with E-state index in [9.17, 15) is 0 Å². The topological polar surface area (TPSA) is 44.2 Å². The maximum absolute atomic E-state index is 6.47. The van der Waals surface area contributed by atoms with Crippen molar-refractivity contribution in [1.82, 2.24) is 9.97 Å². The second-order valence-electron chi connectivity index (χ2n) is 11.5. The van der Waals surface area contributed by atoms with Gasteiger partial charge in [-0.2, -0.15) is 0 Å². The van der Waals surface area contributed by atoms with Crippen LogP contribution in [0, 0.1) is 6.92 Å². The molecule has 0 saturated heterocycles. The van der Waals surface area contributed by atoms with Crippen LogP contribution in [-0.4, -0.2) is 9.97 Å². The zero-order chi connectivity index (χ0) is 27.0. The van der Waals surface area contributed by atoms with E-state index in [4.69, 9.17) is 19.4 Å². The van der Waals surface area contributed by atoms with Crippen molar-refractivity contribution in [3.8, 4) is 56.8 Å². The molecule has 4 heteroatoms. The predicted molar refractivity (Wildman–Crippen MR) is 159 cm³/mol. The average molecular weight is 521 g/mol. The van der Waals surface area contributed by atoms with Gasteiger partial charge in [0.05, 0.1) is 5.69 Å². The molecule has 0 unspecified atom stereocenters. The fourth-order valence-electron chi connectivity index (χ4n) is 6.35. The van der Waals surface area contributed by atoms with Crippen molar-refractivity contribution >= 4 is 6.08 Å². The summed E-state index contributed by atoms with van der Waals surface area (Å²) in [6.07, 6.45) is 6.59. The first-order valence-corrected chi connectivity index (χ1v) is 13.9. The van der Waals surface area contributed by atoms with Crippen molar-refractivity contribution in [1.29, 1.82) is 0 Å². The molecule has 0 N–H and O–H groups in total. The van der Waals surface area contributed by atoms with E-state index >= 15 is 0 Å². The van der Waals surface area contributed by atoms with Crippen LogP contribution in [0.3, 0.4) is 0 Å². The molecule has 4 nitrogen and oxygen atoms in total. The summed E-state index contributed by atoms with van der Waals surface area (Å²) in [5, 5.41) is 0. The van der Waals surface area contributed by atoms with Crippen molar-refractivity contribution in [2.24, 2.45) is 0 Å². The summed E-state index contributed by atoms with van der Waals surface area (Å²) in [7, 11) is 0. The summed E-state index contributed by atoms with van der Waals surface area (Å²) in [5.41, 5.74) is 11.5. The average Bonchev–Trinajstić information content (AvgIpc) is 3.20. The van der Waals surface area contributed by atoms with E-state index in [0.29, 0.717) is 17.3 Å². The summed E-state index contributed by atoms with van der Waals surface area (Å²) >= 11 is 0. The van der Waals surface area contributed by atoms with Gasteiger partial charge in [-0.15, -0.1) is 0 Å². The van der Waals surface area contributed by atoms with Crippen LogP contribution in [0.5, 0.6) is 23.0 Å². The van der Waals surface area contributed by atoms with Crippen LogP contribution in [0.25, 0.3) is 39.8 Å².